The molecule has 2 aromatic heterocycles. The van der Waals surface area contributed by atoms with Crippen molar-refractivity contribution in [3.05, 3.63) is 47.4 Å². The van der Waals surface area contributed by atoms with Crippen LogP contribution in [0.25, 0.3) is 30.3 Å². The molecule has 0 saturated heterocycles. The number of hydrogen-bond acceptors (Lipinski definition) is 0. The van der Waals surface area contributed by atoms with E-state index < -0.39 is 0 Å². The Hall–Kier alpha value is -0.781. The number of rotatable bonds is 2. The molecule has 2 heteroatoms. The summed E-state index contributed by atoms with van der Waals surface area (Å²) in [6, 6.07) is 8.80. The van der Waals surface area contributed by atoms with E-state index in [0.717, 1.165) is 0 Å². The maximum atomic E-state index is 3.94. The fraction of sp³-hybridized carbons (Fsp3) is 0. The second-order valence-electron chi connectivity index (χ2n) is 3.54. The first-order valence-electron chi connectivity index (χ1n) is 5.04. The molecule has 0 N–H and O–H groups in total. The van der Waals surface area contributed by atoms with Crippen LogP contribution in [0.15, 0.2) is 37.4 Å². The molecule has 0 fully saturated rings. The molecule has 0 unspecified atom stereocenters. The fourth-order valence-electron chi connectivity index (χ4n) is 1.92. The molecule has 0 amide bonds. The first-order valence-corrected chi connectivity index (χ1v) is 8.46. The zero-order valence-corrected chi connectivity index (χ0v) is 12.1. The van der Waals surface area contributed by atoms with Gasteiger partial charge in [0.15, 0.2) is 0 Å². The predicted octanol–water partition coefficient (Wildman–Crippen LogP) is 3.39. The van der Waals surface area contributed by atoms with Crippen LogP contribution in [0, 0.1) is 0 Å². The van der Waals surface area contributed by atoms with Crippen molar-refractivity contribution in [1.29, 1.82) is 0 Å². The summed E-state index contributed by atoms with van der Waals surface area (Å²) in [4.78, 5) is 0. The molecule has 0 spiro atoms. The van der Waals surface area contributed by atoms with E-state index in [1.165, 1.54) is 19.6 Å². The van der Waals surface area contributed by atoms with Crippen LogP contribution in [0.1, 0.15) is 10.0 Å². The summed E-state index contributed by atoms with van der Waals surface area (Å²) in [6.07, 6.45) is 4.02. The second-order valence-corrected chi connectivity index (χ2v) is 7.96. The van der Waals surface area contributed by atoms with Gasteiger partial charge in [-0.2, -0.15) is 0 Å². The van der Waals surface area contributed by atoms with E-state index in [1.807, 2.05) is 12.2 Å². The zero-order valence-electron chi connectivity index (χ0n) is 8.69. The van der Waals surface area contributed by atoms with Crippen molar-refractivity contribution in [2.75, 3.05) is 0 Å². The maximum absolute atomic E-state index is 3.94. The molecule has 78 valence electrons. The summed E-state index contributed by atoms with van der Waals surface area (Å²) < 4.78 is 6.07. The summed E-state index contributed by atoms with van der Waals surface area (Å²) in [5, 5.41) is 1.48. The van der Waals surface area contributed by atoms with Crippen LogP contribution in [0.4, 0.5) is 0 Å². The average molecular weight is 336 g/mol. The monoisotopic (exact) mass is 338 g/mol. The van der Waals surface area contributed by atoms with Gasteiger partial charge in [-0.3, -0.25) is 0 Å². The first-order chi connectivity index (χ1) is 7.85. The standard InChI is InChI=1S/C14H10Se2/c1-3-9-11(4-2)15-14-10-7-5-6-8-12(10)16-13(9)14/h3-8H,1-2H2. The van der Waals surface area contributed by atoms with E-state index >= 15 is 0 Å². The molecule has 3 rings (SSSR count). The summed E-state index contributed by atoms with van der Waals surface area (Å²) >= 11 is 0.914. The van der Waals surface area contributed by atoms with Crippen LogP contribution in [0.2, 0.25) is 0 Å². The van der Waals surface area contributed by atoms with Gasteiger partial charge in [0, 0.05) is 0 Å². The third-order valence-corrected chi connectivity index (χ3v) is 8.43. The Bertz CT molecular complexity index is 698. The summed E-state index contributed by atoms with van der Waals surface area (Å²) in [7, 11) is 0. The molecule has 0 saturated carbocycles. The van der Waals surface area contributed by atoms with Crippen LogP contribution in [-0.4, -0.2) is 29.0 Å². The molecular formula is C14H10Se2. The van der Waals surface area contributed by atoms with Crippen molar-refractivity contribution in [2.45, 2.75) is 0 Å². The van der Waals surface area contributed by atoms with Crippen molar-refractivity contribution < 1.29 is 0 Å². The molecule has 0 aliphatic carbocycles. The van der Waals surface area contributed by atoms with Gasteiger partial charge >= 0.3 is 107 Å². The Morgan fingerprint density at radius 1 is 0.938 bits per heavy atom. The minimum absolute atomic E-state index is 0.439. The first kappa shape index (κ1) is 10.4. The van der Waals surface area contributed by atoms with Gasteiger partial charge in [0.05, 0.1) is 0 Å². The summed E-state index contributed by atoms with van der Waals surface area (Å²) in [5.41, 5.74) is 1.36. The van der Waals surface area contributed by atoms with Crippen LogP contribution in [0.5, 0.6) is 0 Å². The summed E-state index contributed by atoms with van der Waals surface area (Å²) in [5.74, 6) is 0. The van der Waals surface area contributed by atoms with E-state index in [1.54, 1.807) is 8.52 Å². The molecule has 0 nitrogen and oxygen atoms in total. The van der Waals surface area contributed by atoms with Crippen molar-refractivity contribution in [1.82, 2.24) is 0 Å². The Morgan fingerprint density at radius 3 is 2.50 bits per heavy atom. The molecule has 0 radical (unpaired) electrons. The molecule has 2 heterocycles. The molecular weight excluding hydrogens is 326 g/mol. The fourth-order valence-corrected chi connectivity index (χ4v) is 8.19. The average Bonchev–Trinajstić information content (AvgIpc) is 2.83. The van der Waals surface area contributed by atoms with E-state index in [4.69, 9.17) is 0 Å². The van der Waals surface area contributed by atoms with Crippen molar-refractivity contribution in [2.24, 2.45) is 0 Å². The van der Waals surface area contributed by atoms with Gasteiger partial charge in [0.1, 0.15) is 0 Å². The SMILES string of the molecule is C=Cc1[se]c2c([se]c3ccccc32)c1C=C. The Labute approximate surface area is 106 Å². The van der Waals surface area contributed by atoms with E-state index in [0.29, 0.717) is 29.0 Å². The normalized spacial score (nSPS) is 11.0. The van der Waals surface area contributed by atoms with Gasteiger partial charge in [-0.1, -0.05) is 0 Å². The van der Waals surface area contributed by atoms with E-state index in [9.17, 15) is 0 Å². The zero-order chi connectivity index (χ0) is 11.1. The van der Waals surface area contributed by atoms with E-state index in [-0.39, 0.29) is 0 Å². The molecule has 16 heavy (non-hydrogen) atoms. The molecule has 3 aromatic rings. The van der Waals surface area contributed by atoms with Crippen LogP contribution in [-0.2, 0) is 0 Å². The number of fused-ring (bicyclic) bond motifs is 3. The van der Waals surface area contributed by atoms with Crippen LogP contribution in [0.3, 0.4) is 0 Å². The van der Waals surface area contributed by atoms with Crippen molar-refractivity contribution >= 4 is 59.3 Å². The molecule has 0 atom stereocenters. The van der Waals surface area contributed by atoms with Gasteiger partial charge in [-0.25, -0.2) is 0 Å². The molecule has 0 aliphatic heterocycles. The van der Waals surface area contributed by atoms with Gasteiger partial charge in [0.2, 0.25) is 0 Å². The topological polar surface area (TPSA) is 0 Å². The van der Waals surface area contributed by atoms with Crippen LogP contribution >= 0.6 is 0 Å². The molecule has 0 aliphatic rings. The Kier molecular flexibility index (Phi) is 2.53. The Morgan fingerprint density at radius 2 is 1.75 bits per heavy atom. The van der Waals surface area contributed by atoms with Gasteiger partial charge in [-0.05, 0) is 0 Å². The van der Waals surface area contributed by atoms with Crippen molar-refractivity contribution in [3.63, 3.8) is 0 Å². The number of hydrogen-bond donors (Lipinski definition) is 0. The van der Waals surface area contributed by atoms with Gasteiger partial charge < -0.3 is 0 Å². The van der Waals surface area contributed by atoms with Gasteiger partial charge in [0.25, 0.3) is 0 Å². The molecule has 0 bridgehead atoms. The minimum atomic E-state index is 0.439. The predicted molar refractivity (Wildman–Crippen MR) is 75.5 cm³/mol. The van der Waals surface area contributed by atoms with Crippen molar-refractivity contribution in [3.8, 4) is 0 Å². The van der Waals surface area contributed by atoms with Gasteiger partial charge in [-0.15, -0.1) is 0 Å². The third-order valence-electron chi connectivity index (χ3n) is 2.66. The molecule has 1 aromatic carbocycles. The van der Waals surface area contributed by atoms with E-state index in [2.05, 4.69) is 37.4 Å². The Balaban J connectivity index is 2.54. The third kappa shape index (κ3) is 1.35. The summed E-state index contributed by atoms with van der Waals surface area (Å²) in [6.45, 7) is 7.86. The quantitative estimate of drug-likeness (QED) is 0.630. The number of benzene rings is 1. The second kappa shape index (κ2) is 3.91. The van der Waals surface area contributed by atoms with Crippen LogP contribution < -0.4 is 0 Å².